The molecule has 3 rings (SSSR count). The number of pyridine rings is 1. The Kier molecular flexibility index (Phi) is 5.35. The van der Waals surface area contributed by atoms with E-state index in [1.807, 2.05) is 24.3 Å². The van der Waals surface area contributed by atoms with Gasteiger partial charge in [-0.2, -0.15) is 0 Å². The molecule has 0 aliphatic rings. The van der Waals surface area contributed by atoms with Gasteiger partial charge in [-0.05, 0) is 35.7 Å². The summed E-state index contributed by atoms with van der Waals surface area (Å²) in [6.07, 6.45) is 3.30. The SMILES string of the molecule is C=CCNC(=O)c1nc(C(=O)Nc2ccc(C(C)C)cc2)n2ccccc12. The summed E-state index contributed by atoms with van der Waals surface area (Å²) in [6, 6.07) is 13.0. The number of aromatic nitrogens is 2. The minimum absolute atomic E-state index is 0.155. The van der Waals surface area contributed by atoms with E-state index in [2.05, 4.69) is 36.0 Å². The highest BCUT2D eigenvalue weighted by Gasteiger charge is 2.21. The van der Waals surface area contributed by atoms with Crippen LogP contribution in [0.25, 0.3) is 5.52 Å². The van der Waals surface area contributed by atoms with Gasteiger partial charge in [-0.3, -0.25) is 14.0 Å². The number of carbonyl (C=O) groups is 2. The summed E-state index contributed by atoms with van der Waals surface area (Å²) in [7, 11) is 0. The van der Waals surface area contributed by atoms with E-state index in [1.54, 1.807) is 34.9 Å². The molecule has 0 aliphatic heterocycles. The molecular formula is C21H22N4O2. The molecule has 0 bridgehead atoms. The standard InChI is InChI=1S/C21H22N4O2/c1-4-12-22-20(26)18-17-7-5-6-13-25(17)19(24-18)21(27)23-16-10-8-15(9-11-16)14(2)3/h4-11,13-14H,1,12H2,2-3H3,(H,22,26)(H,23,27). The van der Waals surface area contributed by atoms with Crippen molar-refractivity contribution in [1.29, 1.82) is 0 Å². The van der Waals surface area contributed by atoms with Crippen molar-refractivity contribution in [2.75, 3.05) is 11.9 Å². The minimum Gasteiger partial charge on any atom is -0.347 e. The van der Waals surface area contributed by atoms with E-state index in [1.165, 1.54) is 5.56 Å². The van der Waals surface area contributed by atoms with Gasteiger partial charge in [0.1, 0.15) is 0 Å². The van der Waals surface area contributed by atoms with Gasteiger partial charge in [0.2, 0.25) is 5.82 Å². The average Bonchev–Trinajstić information content (AvgIpc) is 3.06. The van der Waals surface area contributed by atoms with E-state index in [4.69, 9.17) is 0 Å². The molecule has 2 aromatic heterocycles. The predicted molar refractivity (Wildman–Crippen MR) is 106 cm³/mol. The summed E-state index contributed by atoms with van der Waals surface area (Å²) >= 11 is 0. The van der Waals surface area contributed by atoms with Crippen molar-refractivity contribution in [2.24, 2.45) is 0 Å². The van der Waals surface area contributed by atoms with Crippen LogP contribution >= 0.6 is 0 Å². The maximum absolute atomic E-state index is 12.8. The molecule has 6 heteroatoms. The lowest BCUT2D eigenvalue weighted by atomic mass is 10.0. The normalized spacial score (nSPS) is 10.8. The largest absolute Gasteiger partial charge is 0.347 e. The van der Waals surface area contributed by atoms with Gasteiger partial charge >= 0.3 is 0 Å². The zero-order chi connectivity index (χ0) is 19.4. The first-order valence-corrected chi connectivity index (χ1v) is 8.78. The van der Waals surface area contributed by atoms with E-state index >= 15 is 0 Å². The van der Waals surface area contributed by atoms with Gasteiger partial charge in [0.05, 0.1) is 5.52 Å². The van der Waals surface area contributed by atoms with Crippen LogP contribution in [-0.4, -0.2) is 27.7 Å². The number of carbonyl (C=O) groups excluding carboxylic acids is 2. The Bertz CT molecular complexity index is 987. The zero-order valence-corrected chi connectivity index (χ0v) is 15.4. The van der Waals surface area contributed by atoms with Crippen LogP contribution in [0.15, 0.2) is 61.3 Å². The maximum Gasteiger partial charge on any atom is 0.292 e. The van der Waals surface area contributed by atoms with Crippen molar-refractivity contribution in [3.05, 3.63) is 78.4 Å². The Balaban J connectivity index is 1.90. The highest BCUT2D eigenvalue weighted by atomic mass is 16.2. The molecule has 0 saturated heterocycles. The first kappa shape index (κ1) is 18.4. The Morgan fingerprint density at radius 1 is 1.15 bits per heavy atom. The van der Waals surface area contributed by atoms with E-state index in [-0.39, 0.29) is 23.3 Å². The second-order valence-electron chi connectivity index (χ2n) is 6.47. The third kappa shape index (κ3) is 3.89. The third-order valence-electron chi connectivity index (χ3n) is 4.21. The van der Waals surface area contributed by atoms with Gasteiger partial charge < -0.3 is 10.6 Å². The van der Waals surface area contributed by atoms with Crippen molar-refractivity contribution < 1.29 is 9.59 Å². The Morgan fingerprint density at radius 2 is 1.89 bits per heavy atom. The van der Waals surface area contributed by atoms with Gasteiger partial charge in [0.25, 0.3) is 11.8 Å². The molecule has 1 aromatic carbocycles. The Hall–Kier alpha value is -3.41. The number of anilines is 1. The van der Waals surface area contributed by atoms with Crippen LogP contribution in [0.1, 0.15) is 46.4 Å². The summed E-state index contributed by atoms with van der Waals surface area (Å²) in [5.74, 6) is -0.153. The van der Waals surface area contributed by atoms with Crippen LogP contribution in [-0.2, 0) is 0 Å². The smallest absolute Gasteiger partial charge is 0.292 e. The maximum atomic E-state index is 12.8. The molecule has 0 unspecified atom stereocenters. The molecule has 3 aromatic rings. The number of nitrogens with zero attached hydrogens (tertiary/aromatic N) is 2. The average molecular weight is 362 g/mol. The van der Waals surface area contributed by atoms with Crippen LogP contribution in [0.5, 0.6) is 0 Å². The van der Waals surface area contributed by atoms with Crippen LogP contribution in [0.4, 0.5) is 5.69 Å². The zero-order valence-electron chi connectivity index (χ0n) is 15.4. The van der Waals surface area contributed by atoms with Gasteiger partial charge in [0, 0.05) is 18.4 Å². The molecule has 0 atom stereocenters. The summed E-state index contributed by atoms with van der Waals surface area (Å²) < 4.78 is 1.61. The number of fused-ring (bicyclic) bond motifs is 1. The molecule has 2 heterocycles. The van der Waals surface area contributed by atoms with E-state index < -0.39 is 0 Å². The number of benzene rings is 1. The molecule has 0 radical (unpaired) electrons. The van der Waals surface area contributed by atoms with Crippen molar-refractivity contribution >= 4 is 23.0 Å². The Labute approximate surface area is 157 Å². The van der Waals surface area contributed by atoms with Crippen LogP contribution in [0, 0.1) is 0 Å². The topological polar surface area (TPSA) is 75.5 Å². The third-order valence-corrected chi connectivity index (χ3v) is 4.21. The number of nitrogens with one attached hydrogen (secondary N) is 2. The highest BCUT2D eigenvalue weighted by Crippen LogP contribution is 2.19. The molecule has 2 amide bonds. The summed E-state index contributed by atoms with van der Waals surface area (Å²) in [5, 5.41) is 5.54. The second kappa shape index (κ2) is 7.86. The molecule has 2 N–H and O–H groups in total. The molecule has 0 spiro atoms. The predicted octanol–water partition coefficient (Wildman–Crippen LogP) is 3.63. The number of imidazole rings is 1. The minimum atomic E-state index is -0.378. The second-order valence-corrected chi connectivity index (χ2v) is 6.47. The lowest BCUT2D eigenvalue weighted by Crippen LogP contribution is -2.24. The van der Waals surface area contributed by atoms with E-state index in [9.17, 15) is 9.59 Å². The van der Waals surface area contributed by atoms with Crippen LogP contribution in [0.2, 0.25) is 0 Å². The van der Waals surface area contributed by atoms with Gasteiger partial charge in [-0.25, -0.2) is 4.98 Å². The van der Waals surface area contributed by atoms with Gasteiger partial charge in [-0.1, -0.05) is 38.1 Å². The number of hydrogen-bond acceptors (Lipinski definition) is 3. The Morgan fingerprint density at radius 3 is 2.56 bits per heavy atom. The van der Waals surface area contributed by atoms with Crippen molar-refractivity contribution in [3.8, 4) is 0 Å². The first-order valence-electron chi connectivity index (χ1n) is 8.78. The summed E-state index contributed by atoms with van der Waals surface area (Å²) in [6.45, 7) is 8.14. The highest BCUT2D eigenvalue weighted by molar-refractivity contribution is 6.06. The molecule has 0 saturated carbocycles. The molecule has 6 nitrogen and oxygen atoms in total. The van der Waals surface area contributed by atoms with Gasteiger partial charge in [-0.15, -0.1) is 6.58 Å². The monoisotopic (exact) mass is 362 g/mol. The number of hydrogen-bond donors (Lipinski definition) is 2. The molecular weight excluding hydrogens is 340 g/mol. The molecule has 27 heavy (non-hydrogen) atoms. The fourth-order valence-electron chi connectivity index (χ4n) is 2.75. The number of rotatable bonds is 6. The van der Waals surface area contributed by atoms with E-state index in [0.29, 0.717) is 23.7 Å². The van der Waals surface area contributed by atoms with Crippen LogP contribution < -0.4 is 10.6 Å². The van der Waals surface area contributed by atoms with E-state index in [0.717, 1.165) is 0 Å². The molecule has 0 aliphatic carbocycles. The lowest BCUT2D eigenvalue weighted by molar-refractivity contribution is 0.0955. The quantitative estimate of drug-likeness (QED) is 0.658. The summed E-state index contributed by atoms with van der Waals surface area (Å²) in [4.78, 5) is 29.4. The van der Waals surface area contributed by atoms with Crippen LogP contribution in [0.3, 0.4) is 0 Å². The molecule has 138 valence electrons. The fraction of sp³-hybridized carbons (Fsp3) is 0.190. The van der Waals surface area contributed by atoms with Gasteiger partial charge in [0.15, 0.2) is 5.69 Å². The summed E-state index contributed by atoms with van der Waals surface area (Å²) in [5.41, 5.74) is 2.65. The first-order chi connectivity index (χ1) is 13.0. The van der Waals surface area contributed by atoms with Crippen molar-refractivity contribution in [1.82, 2.24) is 14.7 Å². The van der Waals surface area contributed by atoms with Crippen molar-refractivity contribution in [3.63, 3.8) is 0 Å². The fourth-order valence-corrected chi connectivity index (χ4v) is 2.75. The number of amides is 2. The lowest BCUT2D eigenvalue weighted by Gasteiger charge is -2.08. The molecule has 0 fully saturated rings. The van der Waals surface area contributed by atoms with Crippen molar-refractivity contribution in [2.45, 2.75) is 19.8 Å².